The van der Waals surface area contributed by atoms with Crippen LogP contribution in [-0.2, 0) is 12.0 Å². The van der Waals surface area contributed by atoms with Gasteiger partial charge in [-0.05, 0) is 35.4 Å². The highest BCUT2D eigenvalue weighted by Gasteiger charge is 2.46. The molecule has 1 heterocycles. The van der Waals surface area contributed by atoms with Crippen LogP contribution in [0.1, 0.15) is 21.5 Å². The third-order valence-corrected chi connectivity index (χ3v) is 5.62. The van der Waals surface area contributed by atoms with E-state index in [-0.39, 0.29) is 5.78 Å². The Labute approximate surface area is 160 Å². The number of carbonyl (C=O) groups excluding carboxylic acids is 1. The number of halogens is 2. The van der Waals surface area contributed by atoms with Crippen LogP contribution < -0.4 is 5.32 Å². The number of fused-ring (bicyclic) bond motifs is 1. The van der Waals surface area contributed by atoms with Crippen molar-refractivity contribution in [2.75, 3.05) is 5.32 Å². The summed E-state index contributed by atoms with van der Waals surface area (Å²) in [5.74, 6) is 0.0937. The van der Waals surface area contributed by atoms with Gasteiger partial charge in [-0.15, -0.1) is 0 Å². The van der Waals surface area contributed by atoms with E-state index in [9.17, 15) is 4.79 Å². The first-order chi connectivity index (χ1) is 12.1. The maximum Gasteiger partial charge on any atom is 0.195 e. The summed E-state index contributed by atoms with van der Waals surface area (Å²) in [6, 6.07) is 23.3. The van der Waals surface area contributed by atoms with Gasteiger partial charge in [0.1, 0.15) is 5.54 Å². The third kappa shape index (κ3) is 2.78. The van der Waals surface area contributed by atoms with E-state index in [0.717, 1.165) is 26.9 Å². The van der Waals surface area contributed by atoms with Gasteiger partial charge in [0.15, 0.2) is 5.78 Å². The number of ketones is 1. The van der Waals surface area contributed by atoms with Gasteiger partial charge in [-0.2, -0.15) is 0 Å². The first kappa shape index (κ1) is 16.4. The van der Waals surface area contributed by atoms with E-state index < -0.39 is 5.54 Å². The molecule has 0 aromatic heterocycles. The lowest BCUT2D eigenvalue weighted by Crippen LogP contribution is -2.41. The second-order valence-corrected chi connectivity index (χ2v) is 7.47. The first-order valence-electron chi connectivity index (χ1n) is 8.02. The average Bonchev–Trinajstić information content (AvgIpc) is 2.92. The second-order valence-electron chi connectivity index (χ2n) is 6.18. The number of Topliss-reactive ketones (excluding diaryl/α,β-unsaturated/α-hetero) is 1. The van der Waals surface area contributed by atoms with E-state index in [0.29, 0.717) is 11.4 Å². The Morgan fingerprint density at radius 1 is 0.960 bits per heavy atom. The largest absolute Gasteiger partial charge is 0.368 e. The van der Waals surface area contributed by atoms with Crippen LogP contribution in [0.2, 0.25) is 5.02 Å². The van der Waals surface area contributed by atoms with E-state index in [2.05, 4.69) is 21.2 Å². The zero-order valence-corrected chi connectivity index (χ0v) is 15.6. The summed E-state index contributed by atoms with van der Waals surface area (Å²) in [7, 11) is 0. The van der Waals surface area contributed by atoms with E-state index in [4.69, 9.17) is 11.6 Å². The Morgan fingerprint density at radius 2 is 1.68 bits per heavy atom. The number of benzene rings is 3. The van der Waals surface area contributed by atoms with Gasteiger partial charge in [0.25, 0.3) is 0 Å². The van der Waals surface area contributed by atoms with Crippen LogP contribution >= 0.6 is 27.5 Å². The van der Waals surface area contributed by atoms with Crippen molar-refractivity contribution in [3.05, 3.63) is 99.0 Å². The minimum atomic E-state index is -0.818. The molecule has 4 rings (SSSR count). The first-order valence-corrected chi connectivity index (χ1v) is 9.19. The van der Waals surface area contributed by atoms with Crippen molar-refractivity contribution in [3.63, 3.8) is 0 Å². The van der Waals surface area contributed by atoms with Gasteiger partial charge in [-0.25, -0.2) is 0 Å². The number of hydrogen-bond acceptors (Lipinski definition) is 2. The summed E-state index contributed by atoms with van der Waals surface area (Å²) in [5.41, 5.74) is 2.78. The van der Waals surface area contributed by atoms with Crippen LogP contribution in [0.15, 0.2) is 77.3 Å². The molecule has 3 aromatic rings. The summed E-state index contributed by atoms with van der Waals surface area (Å²) in [6.45, 7) is 0. The summed E-state index contributed by atoms with van der Waals surface area (Å²) in [4.78, 5) is 13.4. The predicted octanol–water partition coefficient (Wildman–Crippen LogP) is 5.85. The minimum Gasteiger partial charge on any atom is -0.368 e. The van der Waals surface area contributed by atoms with Crippen molar-refractivity contribution in [1.82, 2.24) is 0 Å². The van der Waals surface area contributed by atoms with Gasteiger partial charge in [-0.1, -0.05) is 76.1 Å². The van der Waals surface area contributed by atoms with E-state index in [1.54, 1.807) is 0 Å². The van der Waals surface area contributed by atoms with Gasteiger partial charge >= 0.3 is 0 Å². The molecule has 124 valence electrons. The van der Waals surface area contributed by atoms with Gasteiger partial charge < -0.3 is 5.32 Å². The molecule has 4 heteroatoms. The van der Waals surface area contributed by atoms with Crippen LogP contribution in [0.5, 0.6) is 0 Å². The zero-order valence-electron chi connectivity index (χ0n) is 13.3. The molecule has 0 fully saturated rings. The highest BCUT2D eigenvalue weighted by Crippen LogP contribution is 2.42. The summed E-state index contributed by atoms with van der Waals surface area (Å²) < 4.78 is 0.904. The summed E-state index contributed by atoms with van der Waals surface area (Å²) in [5, 5.41) is 4.17. The quantitative estimate of drug-likeness (QED) is 0.585. The third-order valence-electron chi connectivity index (χ3n) is 4.64. The molecule has 1 N–H and O–H groups in total. The molecular formula is C21H15BrClNO. The maximum absolute atomic E-state index is 13.4. The Bertz CT molecular complexity index is 957. The Balaban J connectivity index is 1.86. The smallest absolute Gasteiger partial charge is 0.195 e. The zero-order chi connectivity index (χ0) is 17.4. The molecule has 1 aliphatic rings. The molecule has 1 aliphatic heterocycles. The van der Waals surface area contributed by atoms with E-state index >= 15 is 0 Å². The Hall–Kier alpha value is -2.10. The van der Waals surface area contributed by atoms with Crippen molar-refractivity contribution in [3.8, 4) is 0 Å². The summed E-state index contributed by atoms with van der Waals surface area (Å²) >= 11 is 9.66. The van der Waals surface area contributed by atoms with Crippen LogP contribution in [0, 0.1) is 0 Å². The van der Waals surface area contributed by atoms with Gasteiger partial charge in [0.2, 0.25) is 0 Å². The topological polar surface area (TPSA) is 29.1 Å². The monoisotopic (exact) mass is 411 g/mol. The molecule has 0 bridgehead atoms. The van der Waals surface area contributed by atoms with Crippen molar-refractivity contribution in [2.45, 2.75) is 12.0 Å². The maximum atomic E-state index is 13.4. The van der Waals surface area contributed by atoms with Gasteiger partial charge in [-0.3, -0.25) is 4.79 Å². The average molecular weight is 413 g/mol. The second kappa shape index (κ2) is 6.32. The number of carbonyl (C=O) groups is 1. The predicted molar refractivity (Wildman–Crippen MR) is 105 cm³/mol. The molecular weight excluding hydrogens is 398 g/mol. The van der Waals surface area contributed by atoms with Crippen molar-refractivity contribution >= 4 is 39.0 Å². The molecule has 25 heavy (non-hydrogen) atoms. The van der Waals surface area contributed by atoms with E-state index in [1.807, 2.05) is 72.8 Å². The van der Waals surface area contributed by atoms with Crippen LogP contribution in [-0.4, -0.2) is 5.78 Å². The highest BCUT2D eigenvalue weighted by atomic mass is 79.9. The number of para-hydroxylation sites is 1. The lowest BCUT2D eigenvalue weighted by atomic mass is 9.80. The number of anilines is 1. The van der Waals surface area contributed by atoms with Crippen LogP contribution in [0.3, 0.4) is 0 Å². The van der Waals surface area contributed by atoms with Crippen LogP contribution in [0.4, 0.5) is 5.69 Å². The molecule has 3 aromatic carbocycles. The van der Waals surface area contributed by atoms with Crippen LogP contribution in [0.25, 0.3) is 0 Å². The number of rotatable bonds is 3. The van der Waals surface area contributed by atoms with Crippen molar-refractivity contribution < 1.29 is 4.79 Å². The molecule has 0 amide bonds. The number of nitrogens with one attached hydrogen (secondary N) is 1. The molecule has 2 nitrogen and oxygen atoms in total. The van der Waals surface area contributed by atoms with Gasteiger partial charge in [0.05, 0.1) is 0 Å². The molecule has 0 radical (unpaired) electrons. The standard InChI is InChI=1S/C21H15BrClNO/c22-18-12-16(23)11-10-14(18)13-21(15-6-2-1-3-7-15)20(25)17-8-4-5-9-19(17)24-21/h1-12,24H,13H2. The molecule has 0 saturated heterocycles. The molecule has 0 saturated carbocycles. The Morgan fingerprint density at radius 3 is 2.40 bits per heavy atom. The lowest BCUT2D eigenvalue weighted by Gasteiger charge is -2.30. The SMILES string of the molecule is O=C1c2ccccc2NC1(Cc1ccc(Cl)cc1Br)c1ccccc1. The molecule has 1 atom stereocenters. The molecule has 1 unspecified atom stereocenters. The van der Waals surface area contributed by atoms with Gasteiger partial charge in [0, 0.05) is 27.2 Å². The summed E-state index contributed by atoms with van der Waals surface area (Å²) in [6.07, 6.45) is 0.530. The normalized spacial score (nSPS) is 18.7. The minimum absolute atomic E-state index is 0.0937. The lowest BCUT2D eigenvalue weighted by molar-refractivity contribution is 0.0916. The highest BCUT2D eigenvalue weighted by molar-refractivity contribution is 9.10. The molecule has 0 spiro atoms. The fourth-order valence-electron chi connectivity index (χ4n) is 3.41. The van der Waals surface area contributed by atoms with Crippen molar-refractivity contribution in [1.29, 1.82) is 0 Å². The fourth-order valence-corrected chi connectivity index (χ4v) is 4.23. The number of hydrogen-bond donors (Lipinski definition) is 1. The van der Waals surface area contributed by atoms with Crippen molar-refractivity contribution in [2.24, 2.45) is 0 Å². The fraction of sp³-hybridized carbons (Fsp3) is 0.0952. The van der Waals surface area contributed by atoms with E-state index in [1.165, 1.54) is 0 Å². The Kier molecular flexibility index (Phi) is 4.14. The molecule has 0 aliphatic carbocycles.